The van der Waals surface area contributed by atoms with Crippen molar-refractivity contribution in [1.82, 2.24) is 24.7 Å². The molecule has 3 heterocycles. The Morgan fingerprint density at radius 3 is 2.54 bits per heavy atom. The van der Waals surface area contributed by atoms with Gasteiger partial charge in [-0.15, -0.1) is 0 Å². The number of rotatable bonds is 8. The molecule has 0 bridgehead atoms. The van der Waals surface area contributed by atoms with Crippen molar-refractivity contribution in [3.63, 3.8) is 0 Å². The van der Waals surface area contributed by atoms with Gasteiger partial charge in [-0.3, -0.25) is 14.2 Å². The van der Waals surface area contributed by atoms with Crippen LogP contribution in [0.5, 0.6) is 0 Å². The molecule has 0 aliphatic carbocycles. The van der Waals surface area contributed by atoms with Gasteiger partial charge in [0.05, 0.1) is 22.9 Å². The van der Waals surface area contributed by atoms with Gasteiger partial charge < -0.3 is 10.6 Å². The average Bonchev–Trinajstić information content (AvgIpc) is 3.34. The van der Waals surface area contributed by atoms with Crippen molar-refractivity contribution in [2.45, 2.75) is 20.3 Å². The van der Waals surface area contributed by atoms with Crippen LogP contribution in [-0.4, -0.2) is 38.3 Å². The van der Waals surface area contributed by atoms with Crippen LogP contribution in [-0.2, 0) is 6.42 Å². The highest BCUT2D eigenvalue weighted by atomic mass is 16.1. The molecule has 0 saturated heterocycles. The predicted octanol–water partition coefficient (Wildman–Crippen LogP) is 4.98. The molecule has 0 aliphatic rings. The summed E-state index contributed by atoms with van der Waals surface area (Å²) in [6, 6.07) is 19.6. The fourth-order valence-corrected chi connectivity index (χ4v) is 4.07. The van der Waals surface area contributed by atoms with Gasteiger partial charge in [0.1, 0.15) is 0 Å². The van der Waals surface area contributed by atoms with Crippen molar-refractivity contribution >= 4 is 28.4 Å². The maximum Gasteiger partial charge on any atom is 0.251 e. The molecular formula is C28H28N6O. The Hall–Kier alpha value is -4.26. The smallest absolute Gasteiger partial charge is 0.251 e. The Morgan fingerprint density at radius 1 is 1.00 bits per heavy atom. The lowest BCUT2D eigenvalue weighted by Gasteiger charge is -2.13. The first kappa shape index (κ1) is 22.5. The van der Waals surface area contributed by atoms with Crippen molar-refractivity contribution in [2.24, 2.45) is 5.92 Å². The number of aromatic nitrogens is 4. The lowest BCUT2D eigenvalue weighted by atomic mass is 10.1. The summed E-state index contributed by atoms with van der Waals surface area (Å²) in [7, 11) is 0. The maximum absolute atomic E-state index is 12.6. The van der Waals surface area contributed by atoms with E-state index >= 15 is 0 Å². The van der Waals surface area contributed by atoms with Gasteiger partial charge in [-0.05, 0) is 54.3 Å². The number of nitrogens with zero attached hydrogens (tertiary/aromatic N) is 4. The van der Waals surface area contributed by atoms with Crippen LogP contribution in [0, 0.1) is 5.92 Å². The summed E-state index contributed by atoms with van der Waals surface area (Å²) in [4.78, 5) is 26.2. The first-order valence-corrected chi connectivity index (χ1v) is 11.9. The van der Waals surface area contributed by atoms with Crippen molar-refractivity contribution in [3.8, 4) is 11.3 Å². The molecule has 5 aromatic rings. The van der Waals surface area contributed by atoms with Crippen LogP contribution in [0.2, 0.25) is 0 Å². The Morgan fingerprint density at radius 2 is 1.77 bits per heavy atom. The lowest BCUT2D eigenvalue weighted by molar-refractivity contribution is 0.0954. The van der Waals surface area contributed by atoms with Crippen LogP contribution in [0.25, 0.3) is 27.9 Å². The highest BCUT2D eigenvalue weighted by Gasteiger charge is 2.15. The number of carbonyl (C=O) groups excluding carboxylic acids is 1. The molecule has 35 heavy (non-hydrogen) atoms. The molecule has 3 aromatic heterocycles. The minimum Gasteiger partial charge on any atom is -0.367 e. The largest absolute Gasteiger partial charge is 0.367 e. The van der Waals surface area contributed by atoms with E-state index in [9.17, 15) is 4.79 Å². The number of hydrogen-bond acceptors (Lipinski definition) is 5. The molecule has 0 saturated carbocycles. The summed E-state index contributed by atoms with van der Waals surface area (Å²) in [6.07, 6.45) is 6.16. The number of fused-ring (bicyclic) bond motifs is 3. The second kappa shape index (κ2) is 9.93. The number of amides is 1. The second-order valence-corrected chi connectivity index (χ2v) is 8.97. The minimum atomic E-state index is -0.0847. The summed E-state index contributed by atoms with van der Waals surface area (Å²) in [5.74, 6) is 1.17. The van der Waals surface area contributed by atoms with E-state index in [2.05, 4.69) is 39.9 Å². The molecule has 1 amide bonds. The van der Waals surface area contributed by atoms with Crippen LogP contribution in [0.1, 0.15) is 29.8 Å². The molecule has 0 aliphatic heterocycles. The van der Waals surface area contributed by atoms with Gasteiger partial charge in [-0.1, -0.05) is 38.1 Å². The normalized spacial score (nSPS) is 11.3. The van der Waals surface area contributed by atoms with Gasteiger partial charge in [0.2, 0.25) is 0 Å². The number of hydrogen-bond donors (Lipinski definition) is 2. The molecular weight excluding hydrogens is 436 g/mol. The monoisotopic (exact) mass is 464 g/mol. The Balaban J connectivity index is 1.40. The number of nitrogens with one attached hydrogen (secondary N) is 2. The summed E-state index contributed by atoms with van der Waals surface area (Å²) in [6.45, 7) is 5.72. The quantitative estimate of drug-likeness (QED) is 0.338. The van der Waals surface area contributed by atoms with Crippen LogP contribution < -0.4 is 10.6 Å². The molecule has 0 unspecified atom stereocenters. The molecule has 2 aromatic carbocycles. The van der Waals surface area contributed by atoms with Gasteiger partial charge in [0.25, 0.3) is 5.91 Å². The number of pyridine rings is 1. The van der Waals surface area contributed by atoms with Gasteiger partial charge in [-0.25, -0.2) is 9.97 Å². The summed E-state index contributed by atoms with van der Waals surface area (Å²) < 4.78 is 2.13. The maximum atomic E-state index is 12.6. The van der Waals surface area contributed by atoms with Crippen LogP contribution in [0.4, 0.5) is 5.82 Å². The third-order valence-corrected chi connectivity index (χ3v) is 5.90. The van der Waals surface area contributed by atoms with E-state index in [4.69, 9.17) is 9.97 Å². The molecule has 2 N–H and O–H groups in total. The molecule has 7 heteroatoms. The van der Waals surface area contributed by atoms with E-state index in [1.165, 1.54) is 0 Å². The zero-order chi connectivity index (χ0) is 24.2. The number of benzene rings is 2. The third kappa shape index (κ3) is 4.84. The van der Waals surface area contributed by atoms with E-state index in [0.29, 0.717) is 18.0 Å². The van der Waals surface area contributed by atoms with Crippen molar-refractivity contribution in [1.29, 1.82) is 0 Å². The van der Waals surface area contributed by atoms with Gasteiger partial charge in [-0.2, -0.15) is 0 Å². The topological polar surface area (TPSA) is 84.2 Å². The van der Waals surface area contributed by atoms with E-state index in [-0.39, 0.29) is 5.91 Å². The molecule has 5 rings (SSSR count). The highest BCUT2D eigenvalue weighted by molar-refractivity contribution is 5.95. The predicted molar refractivity (Wildman–Crippen MR) is 140 cm³/mol. The molecule has 0 atom stereocenters. The molecule has 176 valence electrons. The number of para-hydroxylation sites is 2. The lowest BCUT2D eigenvalue weighted by Crippen LogP contribution is -2.25. The first-order valence-electron chi connectivity index (χ1n) is 11.9. The zero-order valence-corrected chi connectivity index (χ0v) is 19.9. The second-order valence-electron chi connectivity index (χ2n) is 8.97. The van der Waals surface area contributed by atoms with E-state index in [1.54, 1.807) is 12.4 Å². The number of anilines is 1. The van der Waals surface area contributed by atoms with Gasteiger partial charge in [0, 0.05) is 36.6 Å². The SMILES string of the molecule is CC(C)CNc1nc2ccccc2n2c(-c3ccc(C(=O)NCCc4ccncc4)cc3)cnc12. The molecule has 0 radical (unpaired) electrons. The van der Waals surface area contributed by atoms with Crippen LogP contribution in [0.15, 0.2) is 79.3 Å². The van der Waals surface area contributed by atoms with Crippen molar-refractivity contribution in [2.75, 3.05) is 18.4 Å². The standard InChI is InChI=1S/C28H28N6O/c1-19(2)17-31-26-27-32-18-25(34(27)24-6-4-3-5-23(24)33-26)21-7-9-22(10-8-21)28(35)30-16-13-20-11-14-29-15-12-20/h3-12,14-15,18-19H,13,16-17H2,1-2H3,(H,30,35)(H,31,33). The van der Waals surface area contributed by atoms with Crippen molar-refractivity contribution < 1.29 is 4.79 Å². The Bertz CT molecular complexity index is 1460. The van der Waals surface area contributed by atoms with E-state index in [1.807, 2.05) is 60.8 Å². The van der Waals surface area contributed by atoms with E-state index < -0.39 is 0 Å². The van der Waals surface area contributed by atoms with Gasteiger partial charge in [0.15, 0.2) is 11.5 Å². The van der Waals surface area contributed by atoms with Crippen LogP contribution >= 0.6 is 0 Å². The van der Waals surface area contributed by atoms with E-state index in [0.717, 1.165) is 52.3 Å². The fourth-order valence-electron chi connectivity index (χ4n) is 4.07. The fraction of sp³-hybridized carbons (Fsp3) is 0.214. The summed E-state index contributed by atoms with van der Waals surface area (Å²) in [5, 5.41) is 6.44. The Kier molecular flexibility index (Phi) is 6.39. The molecule has 0 spiro atoms. The molecule has 0 fully saturated rings. The number of carbonyl (C=O) groups is 1. The third-order valence-electron chi connectivity index (χ3n) is 5.90. The minimum absolute atomic E-state index is 0.0847. The summed E-state index contributed by atoms with van der Waals surface area (Å²) >= 11 is 0. The average molecular weight is 465 g/mol. The zero-order valence-electron chi connectivity index (χ0n) is 19.9. The Labute approximate surface area is 204 Å². The first-order chi connectivity index (χ1) is 17.1. The number of imidazole rings is 1. The van der Waals surface area contributed by atoms with Crippen molar-refractivity contribution in [3.05, 3.63) is 90.4 Å². The van der Waals surface area contributed by atoms with Crippen LogP contribution in [0.3, 0.4) is 0 Å². The highest BCUT2D eigenvalue weighted by Crippen LogP contribution is 2.28. The van der Waals surface area contributed by atoms with Gasteiger partial charge >= 0.3 is 0 Å². The molecule has 7 nitrogen and oxygen atoms in total. The summed E-state index contributed by atoms with van der Waals surface area (Å²) in [5.41, 5.74) is 6.39.